The average Bonchev–Trinajstić information content (AvgIpc) is 3.41. The van der Waals surface area contributed by atoms with Crippen LogP contribution in [-0.4, -0.2) is 35.8 Å². The molecule has 3 amide bonds. The minimum Gasteiger partial charge on any atom is -0.343 e. The molecule has 158 valence electrons. The van der Waals surface area contributed by atoms with Gasteiger partial charge in [-0.25, -0.2) is 9.37 Å². The molecule has 31 heavy (non-hydrogen) atoms. The van der Waals surface area contributed by atoms with E-state index in [1.165, 1.54) is 23.5 Å². The zero-order valence-electron chi connectivity index (χ0n) is 16.4. The van der Waals surface area contributed by atoms with Gasteiger partial charge in [0.15, 0.2) is 5.13 Å². The van der Waals surface area contributed by atoms with E-state index in [1.807, 2.05) is 0 Å². The molecule has 7 nitrogen and oxygen atoms in total. The van der Waals surface area contributed by atoms with Crippen molar-refractivity contribution in [2.75, 3.05) is 23.3 Å². The van der Waals surface area contributed by atoms with E-state index in [4.69, 9.17) is 0 Å². The third-order valence-corrected chi connectivity index (χ3v) is 5.55. The smallest absolute Gasteiger partial charge is 0.251 e. The van der Waals surface area contributed by atoms with E-state index in [0.717, 1.165) is 12.1 Å². The summed E-state index contributed by atoms with van der Waals surface area (Å²) in [5.41, 5.74) is 2.32. The van der Waals surface area contributed by atoms with Gasteiger partial charge in [0.25, 0.3) is 5.91 Å². The Balaban J connectivity index is 1.30. The van der Waals surface area contributed by atoms with Gasteiger partial charge in [-0.15, -0.1) is 11.3 Å². The maximum atomic E-state index is 13.4. The van der Waals surface area contributed by atoms with Crippen molar-refractivity contribution in [3.05, 3.63) is 65.3 Å². The van der Waals surface area contributed by atoms with E-state index in [0.29, 0.717) is 34.9 Å². The highest BCUT2D eigenvalue weighted by atomic mass is 32.1. The van der Waals surface area contributed by atoms with Crippen molar-refractivity contribution < 1.29 is 18.8 Å². The van der Waals surface area contributed by atoms with Gasteiger partial charge >= 0.3 is 0 Å². The molecule has 1 aliphatic heterocycles. The van der Waals surface area contributed by atoms with Crippen molar-refractivity contribution in [1.29, 1.82) is 0 Å². The molecule has 0 saturated carbocycles. The Labute approximate surface area is 181 Å². The monoisotopic (exact) mass is 438 g/mol. The summed E-state index contributed by atoms with van der Waals surface area (Å²) in [5, 5.41) is 7.26. The summed E-state index contributed by atoms with van der Waals surface area (Å²) >= 11 is 1.21. The normalized spacial score (nSPS) is 13.3. The first-order valence-corrected chi connectivity index (χ1v) is 10.6. The SMILES string of the molecule is O=C(CNC(=O)c1ccc(N2CCCC2=O)cc1)Nc1nc(-c2cccc(F)c2)cs1. The van der Waals surface area contributed by atoms with Gasteiger partial charge in [-0.1, -0.05) is 12.1 Å². The fourth-order valence-electron chi connectivity index (χ4n) is 3.25. The highest BCUT2D eigenvalue weighted by Gasteiger charge is 2.21. The third kappa shape index (κ3) is 4.95. The van der Waals surface area contributed by atoms with E-state index in [2.05, 4.69) is 15.6 Å². The minimum atomic E-state index is -0.423. The van der Waals surface area contributed by atoms with Crippen LogP contribution in [0.5, 0.6) is 0 Å². The predicted molar refractivity (Wildman–Crippen MR) is 116 cm³/mol. The average molecular weight is 438 g/mol. The van der Waals surface area contributed by atoms with Crippen molar-refractivity contribution in [3.63, 3.8) is 0 Å². The molecule has 1 aromatic heterocycles. The summed E-state index contributed by atoms with van der Waals surface area (Å²) in [6, 6.07) is 12.7. The Hall–Kier alpha value is -3.59. The van der Waals surface area contributed by atoms with Crippen LogP contribution in [0.25, 0.3) is 11.3 Å². The molecule has 2 N–H and O–H groups in total. The van der Waals surface area contributed by atoms with Crippen molar-refractivity contribution >= 4 is 39.9 Å². The number of carbonyl (C=O) groups is 3. The first-order valence-electron chi connectivity index (χ1n) is 9.69. The van der Waals surface area contributed by atoms with Gasteiger partial charge in [0.2, 0.25) is 11.8 Å². The van der Waals surface area contributed by atoms with Crippen LogP contribution in [0.2, 0.25) is 0 Å². The molecule has 0 unspecified atom stereocenters. The fourth-order valence-corrected chi connectivity index (χ4v) is 3.99. The number of nitrogens with one attached hydrogen (secondary N) is 2. The lowest BCUT2D eigenvalue weighted by molar-refractivity contribution is -0.117. The van der Waals surface area contributed by atoms with Gasteiger partial charge in [0.05, 0.1) is 12.2 Å². The predicted octanol–water partition coefficient (Wildman–Crippen LogP) is 3.44. The first kappa shape index (κ1) is 20.7. The van der Waals surface area contributed by atoms with Gasteiger partial charge in [0, 0.05) is 35.2 Å². The van der Waals surface area contributed by atoms with E-state index in [9.17, 15) is 18.8 Å². The summed E-state index contributed by atoms with van der Waals surface area (Å²) in [6.45, 7) is 0.461. The largest absolute Gasteiger partial charge is 0.343 e. The lowest BCUT2D eigenvalue weighted by atomic mass is 10.2. The third-order valence-electron chi connectivity index (χ3n) is 4.80. The van der Waals surface area contributed by atoms with Crippen LogP contribution in [0, 0.1) is 5.82 Å². The van der Waals surface area contributed by atoms with Crippen LogP contribution in [0.3, 0.4) is 0 Å². The molecule has 9 heteroatoms. The van der Waals surface area contributed by atoms with E-state index in [-0.39, 0.29) is 18.3 Å². The molecule has 3 aromatic rings. The number of hydrogen-bond donors (Lipinski definition) is 2. The molecule has 1 fully saturated rings. The number of hydrogen-bond acceptors (Lipinski definition) is 5. The van der Waals surface area contributed by atoms with E-state index >= 15 is 0 Å². The summed E-state index contributed by atoms with van der Waals surface area (Å²) < 4.78 is 13.4. The van der Waals surface area contributed by atoms with Gasteiger partial charge in [-0.05, 0) is 42.8 Å². The van der Waals surface area contributed by atoms with E-state index < -0.39 is 11.8 Å². The molecular formula is C22H19FN4O3S. The first-order chi connectivity index (χ1) is 15.0. The molecule has 4 rings (SSSR count). The van der Waals surface area contributed by atoms with Crippen LogP contribution in [-0.2, 0) is 9.59 Å². The molecule has 1 aliphatic rings. The van der Waals surface area contributed by atoms with Crippen LogP contribution < -0.4 is 15.5 Å². The van der Waals surface area contributed by atoms with Crippen molar-refractivity contribution in [2.24, 2.45) is 0 Å². The number of anilines is 2. The number of rotatable bonds is 6. The Bertz CT molecular complexity index is 1130. The molecule has 2 aromatic carbocycles. The van der Waals surface area contributed by atoms with Gasteiger partial charge in [-0.3, -0.25) is 14.4 Å². The second kappa shape index (κ2) is 9.05. The summed E-state index contributed by atoms with van der Waals surface area (Å²) in [7, 11) is 0. The summed E-state index contributed by atoms with van der Waals surface area (Å²) in [5.74, 6) is -1.10. The fraction of sp³-hybridized carbons (Fsp3) is 0.182. The lowest BCUT2D eigenvalue weighted by Crippen LogP contribution is -2.32. The van der Waals surface area contributed by atoms with Gasteiger partial charge in [0.1, 0.15) is 5.82 Å². The lowest BCUT2D eigenvalue weighted by Gasteiger charge is -2.15. The van der Waals surface area contributed by atoms with Crippen molar-refractivity contribution in [3.8, 4) is 11.3 Å². The number of thiazole rings is 1. The minimum absolute atomic E-state index is 0.0802. The highest BCUT2D eigenvalue weighted by Crippen LogP contribution is 2.25. The van der Waals surface area contributed by atoms with Crippen LogP contribution >= 0.6 is 11.3 Å². The maximum Gasteiger partial charge on any atom is 0.251 e. The number of benzene rings is 2. The molecular weight excluding hydrogens is 419 g/mol. The molecule has 0 radical (unpaired) electrons. The Morgan fingerprint density at radius 2 is 1.97 bits per heavy atom. The van der Waals surface area contributed by atoms with Crippen LogP contribution in [0.15, 0.2) is 53.9 Å². The van der Waals surface area contributed by atoms with Crippen molar-refractivity contribution in [1.82, 2.24) is 10.3 Å². The van der Waals surface area contributed by atoms with Crippen molar-refractivity contribution in [2.45, 2.75) is 12.8 Å². The quantitative estimate of drug-likeness (QED) is 0.617. The Morgan fingerprint density at radius 3 is 2.68 bits per heavy atom. The highest BCUT2D eigenvalue weighted by molar-refractivity contribution is 7.14. The molecule has 0 atom stereocenters. The summed E-state index contributed by atoms with van der Waals surface area (Å²) in [6.07, 6.45) is 1.37. The maximum absolute atomic E-state index is 13.4. The number of amides is 3. The molecule has 2 heterocycles. The number of carbonyl (C=O) groups excluding carboxylic acids is 3. The zero-order chi connectivity index (χ0) is 21.8. The van der Waals surface area contributed by atoms with Gasteiger partial charge in [-0.2, -0.15) is 0 Å². The second-order valence-electron chi connectivity index (χ2n) is 6.97. The standard InChI is InChI=1S/C22H19FN4O3S/c23-16-4-1-3-15(11-16)18-13-31-22(25-18)26-19(28)12-24-21(30)14-6-8-17(9-7-14)27-10-2-5-20(27)29/h1,3-4,6-9,11,13H,2,5,10,12H2,(H,24,30)(H,25,26,28). The number of halogens is 1. The molecule has 0 aliphatic carbocycles. The molecule has 1 saturated heterocycles. The van der Waals surface area contributed by atoms with Crippen LogP contribution in [0.4, 0.5) is 15.2 Å². The topological polar surface area (TPSA) is 91.4 Å². The number of aromatic nitrogens is 1. The molecule has 0 spiro atoms. The Kier molecular flexibility index (Phi) is 6.03. The van der Waals surface area contributed by atoms with Gasteiger partial charge < -0.3 is 15.5 Å². The Morgan fingerprint density at radius 1 is 1.16 bits per heavy atom. The second-order valence-corrected chi connectivity index (χ2v) is 7.83. The summed E-state index contributed by atoms with van der Waals surface area (Å²) in [4.78, 5) is 42.2. The van der Waals surface area contributed by atoms with Crippen LogP contribution in [0.1, 0.15) is 23.2 Å². The zero-order valence-corrected chi connectivity index (χ0v) is 17.2. The molecule has 0 bridgehead atoms. The number of nitrogens with zero attached hydrogens (tertiary/aromatic N) is 2. The van der Waals surface area contributed by atoms with E-state index in [1.54, 1.807) is 46.7 Å².